The van der Waals surface area contributed by atoms with Crippen LogP contribution in [0.15, 0.2) is 0 Å². The van der Waals surface area contributed by atoms with E-state index < -0.39 is 187 Å². The van der Waals surface area contributed by atoms with Crippen LogP contribution in [0.1, 0.15) is 71.1 Å². The quantitative estimate of drug-likeness (QED) is 0.0378. The fraction of sp³-hybridized carbons (Fsp3) is 1.00. The minimum Gasteiger partial charge on any atom is -0.394 e. The van der Waals surface area contributed by atoms with E-state index >= 15 is 0 Å². The van der Waals surface area contributed by atoms with Crippen LogP contribution in [0.25, 0.3) is 0 Å². The van der Waals surface area contributed by atoms with Crippen LogP contribution < -0.4 is 0 Å². The molecule has 0 spiro atoms. The number of aliphatic hydroxyl groups excluding tert-OH is 16. The first kappa shape index (κ1) is 57.9. The monoisotopic (exact) mass is 996 g/mol. The van der Waals surface area contributed by atoms with Gasteiger partial charge in [0, 0.05) is 6.61 Å². The smallest absolute Gasteiger partial charge is 0.187 e. The van der Waals surface area contributed by atoms with E-state index in [1.807, 2.05) is 0 Å². The maximum atomic E-state index is 11.6. The minimum atomic E-state index is -2.17. The highest BCUT2D eigenvalue weighted by Gasteiger charge is 2.57. The summed E-state index contributed by atoms with van der Waals surface area (Å²) in [5.74, 6) is 0. The predicted octanol–water partition coefficient (Wildman–Crippen LogP) is -6.98. The standard InChI is InChI=1S/C42H76O26/c1-2-3-4-5-6-7-8-9-10-11-12-59-38-30(55)34(24(49)19(14-44)60-38)66-40-32(57)36(26(51)21(16-46)62-40)68-42-33(58)37(27(52)22(17-47)64-42)67-41-31(56)35(25(50)20(15-45)63-41)65-39-29(54)28(53)23(48)18(13-43)61-39/h18-58H,2-17H2,1H3/t18-,19-,20-,21-,22-,23-,24-,25-,26-,27-,28+,29-,30-,31-,32-,33-,34+,35+,36+,37+,38-,39+,40+,41+,42+/m1/s1. The number of rotatable bonds is 25. The van der Waals surface area contributed by atoms with Crippen molar-refractivity contribution in [2.45, 2.75) is 225 Å². The molecule has 5 aliphatic rings. The second-order valence-electron chi connectivity index (χ2n) is 18.0. The number of unbranched alkanes of at least 4 members (excludes halogenated alkanes) is 9. The zero-order chi connectivity index (χ0) is 49.8. The van der Waals surface area contributed by atoms with Gasteiger partial charge in [-0.25, -0.2) is 0 Å². The molecule has 5 aliphatic heterocycles. The van der Waals surface area contributed by atoms with Crippen molar-refractivity contribution in [3.05, 3.63) is 0 Å². The average Bonchev–Trinajstić information content (AvgIpc) is 3.33. The Balaban J connectivity index is 1.25. The van der Waals surface area contributed by atoms with Crippen LogP contribution in [0.4, 0.5) is 0 Å². The molecule has 25 atom stereocenters. The lowest BCUT2D eigenvalue weighted by Crippen LogP contribution is -2.68. The molecule has 16 N–H and O–H groups in total. The van der Waals surface area contributed by atoms with Crippen molar-refractivity contribution >= 4 is 0 Å². The SMILES string of the molecule is CCCCCCCCCCCCO[C@@H]1O[C@H](CO)[C@@H](O)[C@H](O[C@@H]2O[C@H](CO)[C@@H](O)[C@H](O[C@@H]3O[C@H](CO)[C@@H](O)[C@H](O[C@@H]4O[C@H](CO)[C@@H](O)[C@H](O[C@@H]5O[C@H](CO)[C@@H](O)[C@H](O)[C@H]5O)[C@H]4O)[C@H]3O)[C@H]2O)[C@H]1O. The summed E-state index contributed by atoms with van der Waals surface area (Å²) >= 11 is 0. The fourth-order valence-corrected chi connectivity index (χ4v) is 8.92. The van der Waals surface area contributed by atoms with Gasteiger partial charge >= 0.3 is 0 Å². The topological polar surface area (TPSA) is 416 Å². The molecule has 0 aliphatic carbocycles. The first-order chi connectivity index (χ1) is 32.6. The molecule has 26 heteroatoms. The Hall–Kier alpha value is -1.04. The lowest BCUT2D eigenvalue weighted by atomic mass is 9.95. The van der Waals surface area contributed by atoms with Crippen molar-refractivity contribution in [3.8, 4) is 0 Å². The molecule has 0 saturated carbocycles. The van der Waals surface area contributed by atoms with Crippen LogP contribution in [-0.2, 0) is 47.4 Å². The van der Waals surface area contributed by atoms with E-state index in [4.69, 9.17) is 47.4 Å². The zero-order valence-electron chi connectivity index (χ0n) is 38.0. The third kappa shape index (κ3) is 14.0. The highest BCUT2D eigenvalue weighted by Crippen LogP contribution is 2.36. The van der Waals surface area contributed by atoms with E-state index in [1.165, 1.54) is 32.1 Å². The molecular weight excluding hydrogens is 920 g/mol. The number of ether oxygens (including phenoxy) is 10. The molecule has 0 aromatic heterocycles. The van der Waals surface area contributed by atoms with Crippen LogP contribution in [0, 0.1) is 0 Å². The Labute approximate surface area is 393 Å². The Bertz CT molecular complexity index is 1410. The molecule has 0 unspecified atom stereocenters. The molecule has 400 valence electrons. The Kier molecular flexibility index (Phi) is 23.7. The first-order valence-corrected chi connectivity index (χ1v) is 23.6. The van der Waals surface area contributed by atoms with Crippen molar-refractivity contribution in [1.29, 1.82) is 0 Å². The summed E-state index contributed by atoms with van der Waals surface area (Å²) in [5, 5.41) is 171. The first-order valence-electron chi connectivity index (χ1n) is 23.6. The minimum absolute atomic E-state index is 0.153. The highest BCUT2D eigenvalue weighted by atomic mass is 16.8. The van der Waals surface area contributed by atoms with Gasteiger partial charge in [0.25, 0.3) is 0 Å². The third-order valence-corrected chi connectivity index (χ3v) is 13.1. The van der Waals surface area contributed by atoms with Crippen LogP contribution >= 0.6 is 0 Å². The summed E-state index contributed by atoms with van der Waals surface area (Å²) in [6.45, 7) is -2.10. The third-order valence-electron chi connectivity index (χ3n) is 13.1. The largest absolute Gasteiger partial charge is 0.394 e. The van der Waals surface area contributed by atoms with E-state index in [0.29, 0.717) is 6.42 Å². The Morgan fingerprint density at radius 3 is 0.882 bits per heavy atom. The maximum Gasteiger partial charge on any atom is 0.187 e. The van der Waals surface area contributed by atoms with Gasteiger partial charge in [0.05, 0.1) is 33.0 Å². The van der Waals surface area contributed by atoms with Gasteiger partial charge in [-0.2, -0.15) is 0 Å². The summed E-state index contributed by atoms with van der Waals surface area (Å²) in [7, 11) is 0. The van der Waals surface area contributed by atoms with E-state index in [-0.39, 0.29) is 6.61 Å². The van der Waals surface area contributed by atoms with Crippen LogP contribution in [0.3, 0.4) is 0 Å². The van der Waals surface area contributed by atoms with Gasteiger partial charge in [0.15, 0.2) is 31.5 Å². The summed E-state index contributed by atoms with van der Waals surface area (Å²) in [6, 6.07) is 0. The molecule has 0 radical (unpaired) electrons. The van der Waals surface area contributed by atoms with Gasteiger partial charge in [-0.05, 0) is 6.42 Å². The van der Waals surface area contributed by atoms with Crippen molar-refractivity contribution in [2.75, 3.05) is 39.6 Å². The molecule has 5 heterocycles. The molecule has 5 saturated heterocycles. The van der Waals surface area contributed by atoms with Gasteiger partial charge < -0.3 is 129 Å². The maximum absolute atomic E-state index is 11.6. The molecule has 0 bridgehead atoms. The number of hydrogen-bond acceptors (Lipinski definition) is 26. The average molecular weight is 997 g/mol. The van der Waals surface area contributed by atoms with Crippen molar-refractivity contribution in [3.63, 3.8) is 0 Å². The van der Waals surface area contributed by atoms with E-state index in [1.54, 1.807) is 0 Å². The predicted molar refractivity (Wildman–Crippen MR) is 222 cm³/mol. The van der Waals surface area contributed by atoms with E-state index in [9.17, 15) is 81.7 Å². The van der Waals surface area contributed by atoms with Gasteiger partial charge in [0.1, 0.15) is 122 Å². The van der Waals surface area contributed by atoms with Crippen LogP contribution in [0.5, 0.6) is 0 Å². The van der Waals surface area contributed by atoms with Gasteiger partial charge in [-0.3, -0.25) is 0 Å². The van der Waals surface area contributed by atoms with Crippen molar-refractivity contribution < 1.29 is 129 Å². The highest BCUT2D eigenvalue weighted by molar-refractivity contribution is 4.99. The second-order valence-corrected chi connectivity index (χ2v) is 18.0. The van der Waals surface area contributed by atoms with Gasteiger partial charge in [0.2, 0.25) is 0 Å². The summed E-state index contributed by atoms with van der Waals surface area (Å²) in [6.07, 6.45) is -35.1. The Morgan fingerprint density at radius 1 is 0.294 bits per heavy atom. The number of hydrogen-bond donors (Lipinski definition) is 16. The number of aliphatic hydroxyl groups is 16. The van der Waals surface area contributed by atoms with E-state index in [2.05, 4.69) is 6.92 Å². The van der Waals surface area contributed by atoms with Gasteiger partial charge in [-0.1, -0.05) is 64.7 Å². The molecule has 0 aromatic carbocycles. The van der Waals surface area contributed by atoms with E-state index in [0.717, 1.165) is 25.7 Å². The summed E-state index contributed by atoms with van der Waals surface area (Å²) in [4.78, 5) is 0. The molecule has 26 nitrogen and oxygen atoms in total. The lowest BCUT2D eigenvalue weighted by Gasteiger charge is -2.49. The van der Waals surface area contributed by atoms with Gasteiger partial charge in [-0.15, -0.1) is 0 Å². The Morgan fingerprint density at radius 2 is 0.559 bits per heavy atom. The summed E-state index contributed by atoms with van der Waals surface area (Å²) < 4.78 is 56.5. The van der Waals surface area contributed by atoms with Crippen molar-refractivity contribution in [1.82, 2.24) is 0 Å². The second kappa shape index (κ2) is 27.9. The molecule has 5 rings (SSSR count). The van der Waals surface area contributed by atoms with Crippen molar-refractivity contribution in [2.24, 2.45) is 0 Å². The normalized spacial score (nSPS) is 45.9. The lowest BCUT2D eigenvalue weighted by molar-refractivity contribution is -0.395. The molecule has 68 heavy (non-hydrogen) atoms. The molecule has 0 aromatic rings. The van der Waals surface area contributed by atoms with Crippen LogP contribution in [-0.4, -0.2) is 275 Å². The molecule has 5 fully saturated rings. The fourth-order valence-electron chi connectivity index (χ4n) is 8.92. The molecular formula is C42H76O26. The summed E-state index contributed by atoms with van der Waals surface area (Å²) in [5.41, 5.74) is 0. The molecule has 0 amide bonds. The zero-order valence-corrected chi connectivity index (χ0v) is 38.0. The van der Waals surface area contributed by atoms with Crippen LogP contribution in [0.2, 0.25) is 0 Å².